The molecule has 0 amide bonds. The highest BCUT2D eigenvalue weighted by Gasteiger charge is 2.27. The molecule has 9 heteroatoms. The van der Waals surface area contributed by atoms with Crippen molar-refractivity contribution in [1.82, 2.24) is 10.6 Å². The van der Waals surface area contributed by atoms with E-state index >= 15 is 0 Å². The Bertz CT molecular complexity index is 700. The first-order chi connectivity index (χ1) is 11.9. The minimum Gasteiger partial charge on any atom is -0.489 e. The summed E-state index contributed by atoms with van der Waals surface area (Å²) < 4.78 is 42.0. The summed E-state index contributed by atoms with van der Waals surface area (Å²) in [7, 11) is -1.21. The van der Waals surface area contributed by atoms with Crippen LogP contribution >= 0.6 is 24.0 Å². The van der Waals surface area contributed by atoms with Crippen LogP contribution in [0.3, 0.4) is 0 Å². The van der Waals surface area contributed by atoms with Crippen LogP contribution in [0.5, 0.6) is 5.75 Å². The van der Waals surface area contributed by atoms with Crippen molar-refractivity contribution in [2.24, 2.45) is 10.9 Å². The predicted molar refractivity (Wildman–Crippen MR) is 113 cm³/mol. The molecule has 0 saturated carbocycles. The average molecular weight is 499 g/mol. The van der Waals surface area contributed by atoms with E-state index in [1.54, 1.807) is 19.2 Å². The van der Waals surface area contributed by atoms with Crippen LogP contribution in [0.25, 0.3) is 0 Å². The van der Waals surface area contributed by atoms with Gasteiger partial charge in [0.2, 0.25) is 0 Å². The Kier molecular flexibility index (Phi) is 9.62. The van der Waals surface area contributed by atoms with Gasteiger partial charge in [-0.05, 0) is 30.9 Å². The molecule has 0 spiro atoms. The highest BCUT2D eigenvalue weighted by molar-refractivity contribution is 14.0. The van der Waals surface area contributed by atoms with E-state index in [-0.39, 0.29) is 53.3 Å². The van der Waals surface area contributed by atoms with Crippen LogP contribution in [-0.4, -0.2) is 52.1 Å². The number of aliphatic imine (C=N–C) groups is 1. The second-order valence-electron chi connectivity index (χ2n) is 6.21. The van der Waals surface area contributed by atoms with Crippen LogP contribution in [0, 0.1) is 11.7 Å². The standard InChI is InChI=1S/C17H26FN3O3S.HI/c1-3-15(24-16-6-4-5-14(18)9-16)11-21-17(19-2)20-10-13-7-8-25(22,23)12-13;/h4-6,9,13,15H,3,7-8,10-12H2,1-2H3,(H2,19,20,21);1H. The number of guanidine groups is 1. The third-order valence-corrected chi connectivity index (χ3v) is 6.00. The lowest BCUT2D eigenvalue weighted by Crippen LogP contribution is -2.44. The summed E-state index contributed by atoms with van der Waals surface area (Å²) in [6, 6.07) is 6.07. The second-order valence-corrected chi connectivity index (χ2v) is 8.44. The van der Waals surface area contributed by atoms with Crippen molar-refractivity contribution < 1.29 is 17.5 Å². The van der Waals surface area contributed by atoms with Gasteiger partial charge in [-0.3, -0.25) is 4.99 Å². The number of ether oxygens (including phenoxy) is 1. The molecule has 1 heterocycles. The van der Waals surface area contributed by atoms with Crippen LogP contribution < -0.4 is 15.4 Å². The number of benzene rings is 1. The van der Waals surface area contributed by atoms with E-state index in [1.807, 2.05) is 6.92 Å². The summed E-state index contributed by atoms with van der Waals surface area (Å²) in [4.78, 5) is 4.14. The lowest BCUT2D eigenvalue weighted by atomic mass is 10.1. The number of halogens is 2. The molecule has 1 saturated heterocycles. The highest BCUT2D eigenvalue weighted by Crippen LogP contribution is 2.17. The first-order valence-electron chi connectivity index (χ1n) is 8.49. The zero-order valence-corrected chi connectivity index (χ0v) is 18.2. The van der Waals surface area contributed by atoms with Gasteiger partial charge in [-0.1, -0.05) is 13.0 Å². The zero-order valence-electron chi connectivity index (χ0n) is 15.1. The highest BCUT2D eigenvalue weighted by atomic mass is 127. The maximum Gasteiger partial charge on any atom is 0.191 e. The Hall–Kier alpha value is -1.10. The fourth-order valence-electron chi connectivity index (χ4n) is 2.71. The molecule has 2 unspecified atom stereocenters. The summed E-state index contributed by atoms with van der Waals surface area (Å²) in [5.74, 6) is 1.39. The molecule has 1 aromatic rings. The van der Waals surface area contributed by atoms with Gasteiger partial charge in [-0.2, -0.15) is 0 Å². The van der Waals surface area contributed by atoms with Gasteiger partial charge in [-0.25, -0.2) is 12.8 Å². The molecule has 0 aliphatic carbocycles. The molecule has 0 aromatic heterocycles. The number of nitrogens with one attached hydrogen (secondary N) is 2. The van der Waals surface area contributed by atoms with Gasteiger partial charge in [0.05, 0.1) is 18.1 Å². The number of nitrogens with zero attached hydrogens (tertiary/aromatic N) is 1. The third kappa shape index (κ3) is 7.65. The molecule has 1 aliphatic heterocycles. The normalized spacial score (nSPS) is 20.1. The molecule has 2 atom stereocenters. The van der Waals surface area contributed by atoms with Gasteiger partial charge in [0, 0.05) is 19.7 Å². The van der Waals surface area contributed by atoms with Crippen LogP contribution in [0.1, 0.15) is 19.8 Å². The van der Waals surface area contributed by atoms with E-state index in [4.69, 9.17) is 4.74 Å². The van der Waals surface area contributed by atoms with Gasteiger partial charge >= 0.3 is 0 Å². The molecule has 26 heavy (non-hydrogen) atoms. The maximum absolute atomic E-state index is 13.2. The molecule has 0 bridgehead atoms. The number of rotatable bonds is 7. The SMILES string of the molecule is CCC(CNC(=NC)NCC1CCS(=O)(=O)C1)Oc1cccc(F)c1.I. The molecule has 2 N–H and O–H groups in total. The summed E-state index contributed by atoms with van der Waals surface area (Å²) in [6.45, 7) is 3.07. The Morgan fingerprint density at radius 1 is 1.42 bits per heavy atom. The Labute approximate surface area is 171 Å². The van der Waals surface area contributed by atoms with Crippen molar-refractivity contribution in [3.05, 3.63) is 30.1 Å². The van der Waals surface area contributed by atoms with Crippen molar-refractivity contribution in [1.29, 1.82) is 0 Å². The van der Waals surface area contributed by atoms with Gasteiger partial charge in [0.15, 0.2) is 15.8 Å². The molecule has 1 fully saturated rings. The molecule has 0 radical (unpaired) electrons. The van der Waals surface area contributed by atoms with Crippen molar-refractivity contribution >= 4 is 39.8 Å². The van der Waals surface area contributed by atoms with Crippen LogP contribution in [0.2, 0.25) is 0 Å². The van der Waals surface area contributed by atoms with E-state index in [0.717, 1.165) is 6.42 Å². The van der Waals surface area contributed by atoms with E-state index in [1.165, 1.54) is 12.1 Å². The maximum atomic E-state index is 13.2. The quantitative estimate of drug-likeness (QED) is 0.342. The minimum atomic E-state index is -2.87. The Morgan fingerprint density at radius 2 is 2.19 bits per heavy atom. The first-order valence-corrected chi connectivity index (χ1v) is 10.3. The molecule has 2 rings (SSSR count). The summed E-state index contributed by atoms with van der Waals surface area (Å²) in [5.41, 5.74) is 0. The van der Waals surface area contributed by atoms with E-state index in [9.17, 15) is 12.8 Å². The van der Waals surface area contributed by atoms with Crippen LogP contribution in [-0.2, 0) is 9.84 Å². The fraction of sp³-hybridized carbons (Fsp3) is 0.588. The molecular weight excluding hydrogens is 472 g/mol. The van der Waals surface area contributed by atoms with E-state index < -0.39 is 9.84 Å². The zero-order chi connectivity index (χ0) is 18.3. The van der Waals surface area contributed by atoms with Crippen LogP contribution in [0.4, 0.5) is 4.39 Å². The predicted octanol–water partition coefficient (Wildman–Crippen LogP) is 2.20. The van der Waals surface area contributed by atoms with Gasteiger partial charge < -0.3 is 15.4 Å². The lowest BCUT2D eigenvalue weighted by Gasteiger charge is -2.20. The molecule has 1 aliphatic rings. The van der Waals surface area contributed by atoms with E-state index in [2.05, 4.69) is 15.6 Å². The number of hydrogen-bond donors (Lipinski definition) is 2. The lowest BCUT2D eigenvalue weighted by molar-refractivity contribution is 0.198. The smallest absolute Gasteiger partial charge is 0.191 e. The van der Waals surface area contributed by atoms with Crippen molar-refractivity contribution in [2.75, 3.05) is 31.6 Å². The van der Waals surface area contributed by atoms with Gasteiger partial charge in [0.1, 0.15) is 17.7 Å². The molecule has 6 nitrogen and oxygen atoms in total. The minimum absolute atomic E-state index is 0. The topological polar surface area (TPSA) is 79.8 Å². The third-order valence-electron chi connectivity index (χ3n) is 4.16. The largest absolute Gasteiger partial charge is 0.489 e. The van der Waals surface area contributed by atoms with E-state index in [0.29, 0.717) is 31.2 Å². The van der Waals surface area contributed by atoms with Gasteiger partial charge in [-0.15, -0.1) is 24.0 Å². The average Bonchev–Trinajstić information content (AvgIpc) is 2.93. The van der Waals surface area contributed by atoms with Gasteiger partial charge in [0.25, 0.3) is 0 Å². The second kappa shape index (κ2) is 10.9. The number of sulfone groups is 1. The summed E-state index contributed by atoms with van der Waals surface area (Å²) in [5, 5.41) is 6.33. The van der Waals surface area contributed by atoms with Crippen molar-refractivity contribution in [2.45, 2.75) is 25.9 Å². The number of hydrogen-bond acceptors (Lipinski definition) is 4. The molecule has 148 valence electrons. The summed E-state index contributed by atoms with van der Waals surface area (Å²) in [6.07, 6.45) is 1.31. The summed E-state index contributed by atoms with van der Waals surface area (Å²) >= 11 is 0. The molecule has 1 aromatic carbocycles. The fourth-order valence-corrected chi connectivity index (χ4v) is 4.57. The Morgan fingerprint density at radius 3 is 2.77 bits per heavy atom. The van der Waals surface area contributed by atoms with Crippen LogP contribution in [0.15, 0.2) is 29.3 Å². The molecular formula is C17H27FIN3O3S. The first kappa shape index (κ1) is 22.9. The monoisotopic (exact) mass is 499 g/mol. The Balaban J connectivity index is 0.00000338. The van der Waals surface area contributed by atoms with Crippen molar-refractivity contribution in [3.8, 4) is 5.75 Å². The van der Waals surface area contributed by atoms with Crippen molar-refractivity contribution in [3.63, 3.8) is 0 Å².